The summed E-state index contributed by atoms with van der Waals surface area (Å²) in [6, 6.07) is 9.60. The summed E-state index contributed by atoms with van der Waals surface area (Å²) in [6.45, 7) is 4.83. The molecule has 0 spiro atoms. The summed E-state index contributed by atoms with van der Waals surface area (Å²) >= 11 is 6.03. The molecule has 2 aromatic carbocycles. The predicted octanol–water partition coefficient (Wildman–Crippen LogP) is 5.98. The first-order valence-corrected chi connectivity index (χ1v) is 13.0. The van der Waals surface area contributed by atoms with Crippen LogP contribution >= 0.6 is 11.6 Å². The number of ether oxygens (including phenoxy) is 1. The summed E-state index contributed by atoms with van der Waals surface area (Å²) in [4.78, 5) is 30.3. The van der Waals surface area contributed by atoms with Gasteiger partial charge in [-0.2, -0.15) is 14.0 Å². The minimum Gasteiger partial charge on any atom is -0.449 e. The molecule has 1 N–H and O–H groups in total. The highest BCUT2D eigenvalue weighted by molar-refractivity contribution is 6.30. The Morgan fingerprint density at radius 3 is 2.62 bits per heavy atom. The summed E-state index contributed by atoms with van der Waals surface area (Å²) in [6.07, 6.45) is 2.59. The number of hydrogen-bond donors (Lipinski definition) is 1. The summed E-state index contributed by atoms with van der Waals surface area (Å²) in [7, 11) is 0. The number of halogens is 4. The topological polar surface area (TPSA) is 97.0 Å². The zero-order valence-corrected chi connectivity index (χ0v) is 22.7. The van der Waals surface area contributed by atoms with Crippen molar-refractivity contribution in [3.63, 3.8) is 0 Å². The number of nitriles is 1. The van der Waals surface area contributed by atoms with Crippen molar-refractivity contribution in [2.24, 2.45) is 5.92 Å². The second-order valence-corrected chi connectivity index (χ2v) is 9.93. The molecule has 0 aliphatic carbocycles. The van der Waals surface area contributed by atoms with E-state index in [1.807, 2.05) is 13.0 Å². The second kappa shape index (κ2) is 11.6. The lowest BCUT2D eigenvalue weighted by molar-refractivity contribution is -0.116. The fraction of sp³-hybridized carbons (Fsp3) is 0.310. The van der Waals surface area contributed by atoms with Gasteiger partial charge in [-0.1, -0.05) is 37.6 Å². The van der Waals surface area contributed by atoms with Crippen molar-refractivity contribution < 1.29 is 22.7 Å². The van der Waals surface area contributed by atoms with Gasteiger partial charge in [0.25, 0.3) is 17.4 Å². The average molecular weight is 571 g/mol. The van der Waals surface area contributed by atoms with Gasteiger partial charge in [0.2, 0.25) is 5.75 Å². The number of aromatic nitrogens is 2. The van der Waals surface area contributed by atoms with Crippen LogP contribution < -0.4 is 15.6 Å². The molecule has 1 aliphatic rings. The van der Waals surface area contributed by atoms with Crippen LogP contribution in [0.25, 0.3) is 5.57 Å². The standard InChI is InChI=1S/C29H26ClF3N4O3/c1-4-18-10-21(31)6-7-23(18)24-11-19(16(3)36-27(24)38)14-37-15-35-26(29(32,33)5-2)25(28(37)39)40-22-9-17(13-34)8-20(30)12-22/h6-12,15-16,19H,4-5,14H2,1-3H3,(H,36,38). The molecule has 2 unspecified atom stereocenters. The molecule has 0 fully saturated rings. The zero-order chi connectivity index (χ0) is 29.2. The normalized spacial score (nSPS) is 17.1. The number of nitrogens with one attached hydrogen (secondary N) is 1. The SMILES string of the molecule is CCc1cc(F)ccc1C1=CC(Cn2cnc(C(F)(F)CC)c(Oc3cc(Cl)cc(C#N)c3)c2=O)C(C)NC1=O. The molecular weight excluding hydrogens is 545 g/mol. The van der Waals surface area contributed by atoms with E-state index < -0.39 is 47.1 Å². The third-order valence-electron chi connectivity index (χ3n) is 6.78. The number of amides is 1. The minimum atomic E-state index is -3.47. The number of alkyl halides is 2. The number of aryl methyl sites for hydroxylation is 1. The highest BCUT2D eigenvalue weighted by Crippen LogP contribution is 2.37. The number of benzene rings is 2. The molecule has 2 atom stereocenters. The van der Waals surface area contributed by atoms with Crippen LogP contribution in [0.1, 0.15) is 49.6 Å². The molecule has 4 rings (SSSR count). The summed E-state index contributed by atoms with van der Waals surface area (Å²) < 4.78 is 50.2. The largest absolute Gasteiger partial charge is 0.449 e. The van der Waals surface area contributed by atoms with Crippen LogP contribution in [-0.2, 0) is 23.7 Å². The Morgan fingerprint density at radius 2 is 1.95 bits per heavy atom. The van der Waals surface area contributed by atoms with Crippen LogP contribution in [0.3, 0.4) is 0 Å². The van der Waals surface area contributed by atoms with E-state index in [9.17, 15) is 28.0 Å². The van der Waals surface area contributed by atoms with Crippen molar-refractivity contribution in [1.82, 2.24) is 14.9 Å². The molecule has 0 bridgehead atoms. The monoisotopic (exact) mass is 570 g/mol. The fourth-order valence-corrected chi connectivity index (χ4v) is 4.74. The van der Waals surface area contributed by atoms with Gasteiger partial charge in [0.15, 0.2) is 5.69 Å². The van der Waals surface area contributed by atoms with Crippen LogP contribution in [0, 0.1) is 23.1 Å². The Hall–Kier alpha value is -4.10. The lowest BCUT2D eigenvalue weighted by Crippen LogP contribution is -2.44. The molecule has 2 heterocycles. The van der Waals surface area contributed by atoms with Crippen LogP contribution in [-0.4, -0.2) is 21.5 Å². The maximum atomic E-state index is 14.8. The Bertz CT molecular complexity index is 1600. The molecule has 11 heteroatoms. The number of carbonyl (C=O) groups is 1. The van der Waals surface area contributed by atoms with Gasteiger partial charge in [-0.3, -0.25) is 14.2 Å². The van der Waals surface area contributed by atoms with Crippen molar-refractivity contribution in [3.05, 3.63) is 92.4 Å². The summed E-state index contributed by atoms with van der Waals surface area (Å²) in [5, 5.41) is 12.2. The van der Waals surface area contributed by atoms with E-state index in [1.165, 1.54) is 43.3 Å². The summed E-state index contributed by atoms with van der Waals surface area (Å²) in [5.41, 5.74) is -0.0445. The third-order valence-corrected chi connectivity index (χ3v) is 7.00. The third kappa shape index (κ3) is 5.89. The highest BCUT2D eigenvalue weighted by atomic mass is 35.5. The minimum absolute atomic E-state index is 0.0211. The molecule has 40 heavy (non-hydrogen) atoms. The van der Waals surface area contributed by atoms with Gasteiger partial charge in [0.05, 0.1) is 18.0 Å². The van der Waals surface area contributed by atoms with E-state index in [4.69, 9.17) is 16.3 Å². The number of rotatable bonds is 8. The highest BCUT2D eigenvalue weighted by Gasteiger charge is 2.37. The Kier molecular flexibility index (Phi) is 8.35. The van der Waals surface area contributed by atoms with E-state index in [2.05, 4.69) is 10.3 Å². The molecular formula is C29H26ClF3N4O3. The van der Waals surface area contributed by atoms with Gasteiger partial charge in [-0.05, 0) is 54.8 Å². The van der Waals surface area contributed by atoms with Gasteiger partial charge in [-0.15, -0.1) is 0 Å². The quantitative estimate of drug-likeness (QED) is 0.359. The predicted molar refractivity (Wildman–Crippen MR) is 144 cm³/mol. The van der Waals surface area contributed by atoms with E-state index in [0.717, 1.165) is 10.9 Å². The van der Waals surface area contributed by atoms with Gasteiger partial charge in [0.1, 0.15) is 11.6 Å². The molecule has 7 nitrogen and oxygen atoms in total. The summed E-state index contributed by atoms with van der Waals surface area (Å²) in [5.74, 6) is -5.43. The second-order valence-electron chi connectivity index (χ2n) is 9.49. The number of nitrogens with zero attached hydrogens (tertiary/aromatic N) is 3. The van der Waals surface area contributed by atoms with Crippen LogP contribution in [0.2, 0.25) is 5.02 Å². The fourth-order valence-electron chi connectivity index (χ4n) is 4.52. The molecule has 0 saturated heterocycles. The van der Waals surface area contributed by atoms with E-state index in [0.29, 0.717) is 23.1 Å². The van der Waals surface area contributed by atoms with Crippen LogP contribution in [0.15, 0.2) is 53.6 Å². The molecule has 1 aromatic heterocycles. The van der Waals surface area contributed by atoms with Crippen molar-refractivity contribution >= 4 is 23.1 Å². The Labute approximate surface area is 233 Å². The Morgan fingerprint density at radius 1 is 1.20 bits per heavy atom. The first kappa shape index (κ1) is 28.9. The molecule has 3 aromatic rings. The van der Waals surface area contributed by atoms with Crippen LogP contribution in [0.5, 0.6) is 11.5 Å². The Balaban J connectivity index is 1.78. The van der Waals surface area contributed by atoms with E-state index in [-0.39, 0.29) is 28.8 Å². The lowest BCUT2D eigenvalue weighted by Gasteiger charge is -2.30. The first-order valence-electron chi connectivity index (χ1n) is 12.6. The maximum Gasteiger partial charge on any atom is 0.296 e. The molecule has 0 saturated carbocycles. The van der Waals surface area contributed by atoms with Crippen molar-refractivity contribution in [2.45, 2.75) is 52.1 Å². The maximum absolute atomic E-state index is 14.8. The lowest BCUT2D eigenvalue weighted by atomic mass is 9.88. The van der Waals surface area contributed by atoms with Gasteiger partial charge >= 0.3 is 0 Å². The smallest absolute Gasteiger partial charge is 0.296 e. The molecule has 0 radical (unpaired) electrons. The van der Waals surface area contributed by atoms with Gasteiger partial charge < -0.3 is 10.1 Å². The van der Waals surface area contributed by atoms with Gasteiger partial charge in [-0.25, -0.2) is 9.37 Å². The number of carbonyl (C=O) groups excluding carboxylic acids is 1. The molecule has 1 aliphatic heterocycles. The molecule has 208 valence electrons. The zero-order valence-electron chi connectivity index (χ0n) is 22.0. The van der Waals surface area contributed by atoms with E-state index in [1.54, 1.807) is 13.0 Å². The first-order chi connectivity index (χ1) is 19.0. The van der Waals surface area contributed by atoms with Crippen molar-refractivity contribution in [1.29, 1.82) is 5.26 Å². The molecule has 1 amide bonds. The van der Waals surface area contributed by atoms with E-state index >= 15 is 0 Å². The van der Waals surface area contributed by atoms with Crippen molar-refractivity contribution in [2.75, 3.05) is 0 Å². The van der Waals surface area contributed by atoms with Crippen molar-refractivity contribution in [3.8, 4) is 17.6 Å². The average Bonchev–Trinajstić information content (AvgIpc) is 2.91. The van der Waals surface area contributed by atoms with Crippen LogP contribution in [0.4, 0.5) is 13.2 Å². The number of hydrogen-bond acceptors (Lipinski definition) is 5. The van der Waals surface area contributed by atoms with Gasteiger partial charge in [0, 0.05) is 35.5 Å².